The molecule has 0 aliphatic rings. The minimum absolute atomic E-state index is 0.236. The summed E-state index contributed by atoms with van der Waals surface area (Å²) in [5, 5.41) is 5.81. The fourth-order valence-electron chi connectivity index (χ4n) is 1.92. The predicted octanol–water partition coefficient (Wildman–Crippen LogP) is 4.30. The lowest BCUT2D eigenvalue weighted by Crippen LogP contribution is -2.22. The lowest BCUT2D eigenvalue weighted by Gasteiger charge is -2.18. The van der Waals surface area contributed by atoms with Crippen molar-refractivity contribution in [3.05, 3.63) is 50.4 Å². The van der Waals surface area contributed by atoms with Crippen LogP contribution in [-0.4, -0.2) is 11.5 Å². The lowest BCUT2D eigenvalue weighted by atomic mass is 10.0. The Morgan fingerprint density at radius 3 is 2.78 bits per heavy atom. The van der Waals surface area contributed by atoms with Gasteiger partial charge in [0.2, 0.25) is 0 Å². The van der Waals surface area contributed by atoms with Gasteiger partial charge in [0.25, 0.3) is 0 Å². The first-order valence-electron chi connectivity index (χ1n) is 6.09. The van der Waals surface area contributed by atoms with Crippen molar-refractivity contribution in [1.82, 2.24) is 10.3 Å². The zero-order valence-corrected chi connectivity index (χ0v) is 13.0. The van der Waals surface area contributed by atoms with Gasteiger partial charge in [-0.3, -0.25) is 4.98 Å². The van der Waals surface area contributed by atoms with Crippen LogP contribution in [0.2, 0.25) is 0 Å². The molecular weight excluding hydrogens is 308 g/mol. The fraction of sp³-hybridized carbons (Fsp3) is 0.357. The molecule has 0 spiro atoms. The van der Waals surface area contributed by atoms with E-state index in [1.54, 1.807) is 11.3 Å². The second kappa shape index (κ2) is 6.45. The summed E-state index contributed by atoms with van der Waals surface area (Å²) in [5.74, 6) is 0. The number of halogens is 1. The molecule has 2 aromatic heterocycles. The van der Waals surface area contributed by atoms with Crippen LogP contribution < -0.4 is 5.32 Å². The van der Waals surface area contributed by atoms with Gasteiger partial charge in [0.15, 0.2) is 0 Å². The van der Waals surface area contributed by atoms with E-state index in [9.17, 15) is 0 Å². The molecule has 0 aliphatic carbocycles. The normalized spacial score (nSPS) is 12.6. The van der Waals surface area contributed by atoms with Crippen LogP contribution in [0, 0.1) is 6.92 Å². The van der Waals surface area contributed by atoms with Gasteiger partial charge in [-0.1, -0.05) is 6.92 Å². The first-order valence-corrected chi connectivity index (χ1v) is 7.77. The molecule has 0 amide bonds. The molecule has 1 atom stereocenters. The molecule has 4 heteroatoms. The number of hydrogen-bond acceptors (Lipinski definition) is 3. The third-order valence-electron chi connectivity index (χ3n) is 2.74. The van der Waals surface area contributed by atoms with Crippen molar-refractivity contribution in [2.24, 2.45) is 0 Å². The van der Waals surface area contributed by atoms with Gasteiger partial charge in [0.1, 0.15) is 0 Å². The highest BCUT2D eigenvalue weighted by Crippen LogP contribution is 2.27. The van der Waals surface area contributed by atoms with Crippen LogP contribution in [0.3, 0.4) is 0 Å². The Bertz CT molecular complexity index is 510. The first kappa shape index (κ1) is 13.7. The number of aromatic nitrogens is 1. The van der Waals surface area contributed by atoms with Crippen molar-refractivity contribution >= 4 is 27.3 Å². The summed E-state index contributed by atoms with van der Waals surface area (Å²) in [7, 11) is 0. The molecule has 0 saturated carbocycles. The van der Waals surface area contributed by atoms with Crippen molar-refractivity contribution in [2.75, 3.05) is 6.54 Å². The Morgan fingerprint density at radius 2 is 2.17 bits per heavy atom. The number of nitrogens with one attached hydrogen (secondary N) is 1. The first-order chi connectivity index (χ1) is 8.70. The zero-order chi connectivity index (χ0) is 13.0. The van der Waals surface area contributed by atoms with Gasteiger partial charge < -0.3 is 5.32 Å². The van der Waals surface area contributed by atoms with E-state index in [4.69, 9.17) is 0 Å². The van der Waals surface area contributed by atoms with Crippen molar-refractivity contribution in [3.8, 4) is 0 Å². The number of pyridine rings is 1. The van der Waals surface area contributed by atoms with E-state index in [0.717, 1.165) is 17.4 Å². The maximum Gasteiger partial charge on any atom is 0.0600 e. The monoisotopic (exact) mass is 324 g/mol. The van der Waals surface area contributed by atoms with Crippen LogP contribution in [0.5, 0.6) is 0 Å². The quantitative estimate of drug-likeness (QED) is 0.886. The van der Waals surface area contributed by atoms with Crippen LogP contribution >= 0.6 is 27.3 Å². The second-order valence-electron chi connectivity index (χ2n) is 4.31. The van der Waals surface area contributed by atoms with Crippen molar-refractivity contribution in [3.63, 3.8) is 0 Å². The maximum absolute atomic E-state index is 4.26. The molecule has 18 heavy (non-hydrogen) atoms. The summed E-state index contributed by atoms with van der Waals surface area (Å²) < 4.78 is 1.02. The van der Waals surface area contributed by atoms with Crippen LogP contribution in [0.15, 0.2) is 34.4 Å². The average Bonchev–Trinajstić information content (AvgIpc) is 2.76. The smallest absolute Gasteiger partial charge is 0.0600 e. The van der Waals surface area contributed by atoms with Crippen molar-refractivity contribution < 1.29 is 0 Å². The van der Waals surface area contributed by atoms with Gasteiger partial charge in [0.05, 0.1) is 6.04 Å². The highest BCUT2D eigenvalue weighted by molar-refractivity contribution is 9.10. The van der Waals surface area contributed by atoms with E-state index in [-0.39, 0.29) is 6.04 Å². The molecule has 0 saturated heterocycles. The standard InChI is InChI=1S/C14H17BrN2S/c1-3-4-17-14(12-5-10(2)18-9-12)11-6-13(15)8-16-7-11/h5-9,14,17H,3-4H2,1-2H3. The van der Waals surface area contributed by atoms with E-state index in [2.05, 4.69) is 57.6 Å². The fourth-order valence-corrected chi connectivity index (χ4v) is 3.03. The number of rotatable bonds is 5. The molecule has 0 bridgehead atoms. The Kier molecular flexibility index (Phi) is 4.92. The van der Waals surface area contributed by atoms with Gasteiger partial charge >= 0.3 is 0 Å². The van der Waals surface area contributed by atoms with Crippen molar-refractivity contribution in [1.29, 1.82) is 0 Å². The Hall–Kier alpha value is -0.710. The van der Waals surface area contributed by atoms with E-state index < -0.39 is 0 Å². The van der Waals surface area contributed by atoms with Crippen LogP contribution in [-0.2, 0) is 0 Å². The highest BCUT2D eigenvalue weighted by atomic mass is 79.9. The molecular formula is C14H17BrN2S. The van der Waals surface area contributed by atoms with Gasteiger partial charge in [-0.2, -0.15) is 0 Å². The minimum atomic E-state index is 0.236. The molecule has 1 N–H and O–H groups in total. The summed E-state index contributed by atoms with van der Waals surface area (Å²) in [6, 6.07) is 4.62. The third-order valence-corrected chi connectivity index (χ3v) is 4.06. The number of aryl methyl sites for hydroxylation is 1. The molecule has 2 aromatic rings. The number of thiophene rings is 1. The molecule has 0 radical (unpaired) electrons. The maximum atomic E-state index is 4.26. The Labute approximate surface area is 121 Å². The largest absolute Gasteiger partial charge is 0.306 e. The Balaban J connectivity index is 2.30. The molecule has 0 aromatic carbocycles. The van der Waals surface area contributed by atoms with Gasteiger partial charge in [0, 0.05) is 21.7 Å². The molecule has 2 nitrogen and oxygen atoms in total. The Morgan fingerprint density at radius 1 is 1.33 bits per heavy atom. The number of nitrogens with zero attached hydrogens (tertiary/aromatic N) is 1. The van der Waals surface area contributed by atoms with Gasteiger partial charge in [-0.25, -0.2) is 0 Å². The van der Waals surface area contributed by atoms with E-state index >= 15 is 0 Å². The SMILES string of the molecule is CCCNC(c1cncc(Br)c1)c1csc(C)c1. The van der Waals surface area contributed by atoms with Crippen molar-refractivity contribution in [2.45, 2.75) is 26.3 Å². The predicted molar refractivity (Wildman–Crippen MR) is 81.1 cm³/mol. The molecule has 96 valence electrons. The van der Waals surface area contributed by atoms with E-state index in [0.29, 0.717) is 0 Å². The van der Waals surface area contributed by atoms with Crippen LogP contribution in [0.1, 0.15) is 35.4 Å². The zero-order valence-electron chi connectivity index (χ0n) is 10.6. The topological polar surface area (TPSA) is 24.9 Å². The molecule has 0 aliphatic heterocycles. The van der Waals surface area contributed by atoms with Gasteiger partial charge in [-0.15, -0.1) is 11.3 Å². The lowest BCUT2D eigenvalue weighted by molar-refractivity contribution is 0.598. The summed E-state index contributed by atoms with van der Waals surface area (Å²) in [5.41, 5.74) is 2.53. The molecule has 1 unspecified atom stereocenters. The second-order valence-corrected chi connectivity index (χ2v) is 6.35. The van der Waals surface area contributed by atoms with Gasteiger partial charge in [-0.05, 0) is 64.5 Å². The number of hydrogen-bond donors (Lipinski definition) is 1. The summed E-state index contributed by atoms with van der Waals surface area (Å²) in [4.78, 5) is 5.61. The third kappa shape index (κ3) is 3.40. The highest BCUT2D eigenvalue weighted by Gasteiger charge is 2.15. The van der Waals surface area contributed by atoms with E-state index in [1.807, 2.05) is 12.4 Å². The van der Waals surface area contributed by atoms with Crippen LogP contribution in [0.25, 0.3) is 0 Å². The summed E-state index contributed by atoms with van der Waals surface area (Å²) in [6.45, 7) is 5.33. The molecule has 0 fully saturated rings. The minimum Gasteiger partial charge on any atom is -0.306 e. The average molecular weight is 325 g/mol. The summed E-state index contributed by atoms with van der Waals surface area (Å²) in [6.07, 6.45) is 4.88. The molecule has 2 rings (SSSR count). The van der Waals surface area contributed by atoms with E-state index in [1.165, 1.54) is 16.0 Å². The van der Waals surface area contributed by atoms with Crippen LogP contribution in [0.4, 0.5) is 0 Å². The summed E-state index contributed by atoms with van der Waals surface area (Å²) >= 11 is 5.28. The molecule has 2 heterocycles.